The number of phenolic OH excluding ortho intramolecular Hbond substituents is 1. The Hall–Kier alpha value is -2.84. The third-order valence-electron chi connectivity index (χ3n) is 9.15. The zero-order valence-corrected chi connectivity index (χ0v) is 22.0. The number of hydrogen-bond acceptors (Lipinski definition) is 8. The molecule has 4 fully saturated rings. The summed E-state index contributed by atoms with van der Waals surface area (Å²) in [6, 6.07) is 5.27. The lowest BCUT2D eigenvalue weighted by atomic mass is 9.46. The number of ether oxygens (including phenoxy) is 4. The summed E-state index contributed by atoms with van der Waals surface area (Å²) in [5.41, 5.74) is -0.0288. The number of carbonyl (C=O) groups is 2. The number of aromatic hydroxyl groups is 1. The smallest absolute Gasteiger partial charge is 0.331 e. The number of methoxy groups -OCH3 is 1. The second kappa shape index (κ2) is 8.60. The lowest BCUT2D eigenvalue weighted by molar-refractivity contribution is -0.157. The van der Waals surface area contributed by atoms with Crippen LogP contribution in [0.5, 0.6) is 11.5 Å². The van der Waals surface area contributed by atoms with Gasteiger partial charge in [-0.25, -0.2) is 4.79 Å². The zero-order chi connectivity index (χ0) is 26.9. The molecule has 3 aliphatic heterocycles. The van der Waals surface area contributed by atoms with Gasteiger partial charge in [-0.2, -0.15) is 0 Å². The largest absolute Gasteiger partial charge is 0.504 e. The molecule has 0 radical (unpaired) electrons. The van der Waals surface area contributed by atoms with Gasteiger partial charge in [0.05, 0.1) is 18.6 Å². The molecule has 200 valence electrons. The quantitative estimate of drug-likeness (QED) is 0.358. The predicted molar refractivity (Wildman–Crippen MR) is 134 cm³/mol. The summed E-state index contributed by atoms with van der Waals surface area (Å²) in [7, 11) is 1.53. The van der Waals surface area contributed by atoms with E-state index in [2.05, 4.69) is 13.5 Å². The number of epoxide rings is 1. The molecule has 2 N–H and O–H groups in total. The maximum Gasteiger partial charge on any atom is 0.331 e. The lowest BCUT2D eigenvalue weighted by Crippen LogP contribution is -2.63. The summed E-state index contributed by atoms with van der Waals surface area (Å²) in [5.74, 6) is -0.109. The molecule has 8 atom stereocenters. The molecular weight excluding hydrogens is 476 g/mol. The maximum atomic E-state index is 12.7. The Kier molecular flexibility index (Phi) is 5.99. The van der Waals surface area contributed by atoms with Crippen LogP contribution in [0.4, 0.5) is 0 Å². The molecule has 37 heavy (non-hydrogen) atoms. The van der Waals surface area contributed by atoms with Crippen molar-refractivity contribution in [3.05, 3.63) is 48.1 Å². The number of aliphatic hydroxyl groups excluding tert-OH is 1. The van der Waals surface area contributed by atoms with E-state index in [0.29, 0.717) is 18.6 Å². The van der Waals surface area contributed by atoms with Crippen molar-refractivity contribution < 1.29 is 38.7 Å². The zero-order valence-electron chi connectivity index (χ0n) is 22.0. The molecule has 1 aromatic rings. The van der Waals surface area contributed by atoms with E-state index in [1.165, 1.54) is 7.11 Å². The standard InChI is InChI=1S/C19H24O6.C10H12O2/c1-8(2)14-19-9(7-11(21)23-14)17(3)6-5-10(20)18(4)13(17)12(15(19)25-19)24-16(18)22;1-3-4-8-5-6-9(11)10(7-8)12-2/h7-8,10,12-15,20H,5-6H2,1-4H3;3,5-7,11H,1,4H2,2H3/t10-,12-,13+,14+,15+,17+,18-,19+;/m0./s1. The molecule has 8 nitrogen and oxygen atoms in total. The van der Waals surface area contributed by atoms with Crippen LogP contribution in [-0.2, 0) is 30.2 Å². The minimum atomic E-state index is -0.953. The number of aliphatic hydroxyl groups is 1. The van der Waals surface area contributed by atoms with Crippen LogP contribution in [0.1, 0.15) is 46.1 Å². The summed E-state index contributed by atoms with van der Waals surface area (Å²) in [6.45, 7) is 11.6. The number of benzene rings is 1. The van der Waals surface area contributed by atoms with Gasteiger partial charge in [0.15, 0.2) is 17.1 Å². The van der Waals surface area contributed by atoms with Crippen molar-refractivity contribution in [2.75, 3.05) is 7.11 Å². The van der Waals surface area contributed by atoms with E-state index in [9.17, 15) is 19.8 Å². The van der Waals surface area contributed by atoms with E-state index in [1.54, 1.807) is 25.1 Å². The van der Waals surface area contributed by atoms with Gasteiger partial charge in [0, 0.05) is 12.0 Å². The Balaban J connectivity index is 0.000000198. The van der Waals surface area contributed by atoms with Gasteiger partial charge in [0.1, 0.15) is 18.3 Å². The second-order valence-corrected chi connectivity index (χ2v) is 11.6. The summed E-state index contributed by atoms with van der Waals surface area (Å²) in [6.07, 6.45) is 3.58. The van der Waals surface area contributed by atoms with Crippen molar-refractivity contribution in [1.82, 2.24) is 0 Å². The van der Waals surface area contributed by atoms with Crippen molar-refractivity contribution in [3.63, 3.8) is 0 Å². The topological polar surface area (TPSA) is 115 Å². The average Bonchev–Trinajstić information content (AvgIpc) is 3.52. The second-order valence-electron chi connectivity index (χ2n) is 11.6. The maximum absolute atomic E-state index is 12.7. The predicted octanol–water partition coefficient (Wildman–Crippen LogP) is 3.48. The van der Waals surface area contributed by atoms with E-state index < -0.39 is 28.6 Å². The van der Waals surface area contributed by atoms with Crippen molar-refractivity contribution in [2.24, 2.45) is 22.7 Å². The van der Waals surface area contributed by atoms with Gasteiger partial charge < -0.3 is 29.2 Å². The van der Waals surface area contributed by atoms with Crippen molar-refractivity contribution in [2.45, 2.75) is 77.0 Å². The van der Waals surface area contributed by atoms with E-state index in [4.69, 9.17) is 18.9 Å². The number of phenols is 1. The fourth-order valence-corrected chi connectivity index (χ4v) is 7.41. The Morgan fingerprint density at radius 1 is 1.24 bits per heavy atom. The van der Waals surface area contributed by atoms with Crippen LogP contribution in [0.3, 0.4) is 0 Å². The molecule has 2 saturated carbocycles. The lowest BCUT2D eigenvalue weighted by Gasteiger charge is -2.55. The molecule has 1 spiro atoms. The Morgan fingerprint density at radius 3 is 2.62 bits per heavy atom. The third kappa shape index (κ3) is 3.48. The molecule has 0 aromatic heterocycles. The fraction of sp³-hybridized carbons (Fsp3) is 0.586. The fourth-order valence-electron chi connectivity index (χ4n) is 7.41. The first-order valence-corrected chi connectivity index (χ1v) is 12.9. The highest BCUT2D eigenvalue weighted by molar-refractivity contribution is 5.87. The van der Waals surface area contributed by atoms with Gasteiger partial charge in [0.2, 0.25) is 0 Å². The van der Waals surface area contributed by atoms with Gasteiger partial charge in [0.25, 0.3) is 0 Å². The highest BCUT2D eigenvalue weighted by Crippen LogP contribution is 2.72. The molecule has 0 amide bonds. The molecule has 2 aliphatic carbocycles. The SMILES string of the molecule is C=CCc1ccc(O)c(OC)c1.CC(C)[C@H]1OC(=O)C=C2[C@@]13O[C@@H]3[C@H]1OC(=O)[C@@]3(C)[C@@H](O)CC[C@@]2(C)[C@@H]13. The number of rotatable bonds is 4. The van der Waals surface area contributed by atoms with E-state index >= 15 is 0 Å². The molecule has 0 bridgehead atoms. The Labute approximate surface area is 217 Å². The Bertz CT molecular complexity index is 1170. The number of cyclic esters (lactones) is 1. The molecule has 8 heteroatoms. The van der Waals surface area contributed by atoms with Crippen LogP contribution in [-0.4, -0.2) is 59.3 Å². The van der Waals surface area contributed by atoms with Crippen molar-refractivity contribution >= 4 is 11.9 Å². The van der Waals surface area contributed by atoms with Crippen molar-refractivity contribution in [3.8, 4) is 11.5 Å². The van der Waals surface area contributed by atoms with Crippen LogP contribution in [0, 0.1) is 22.7 Å². The molecule has 5 aliphatic rings. The summed E-state index contributed by atoms with van der Waals surface area (Å²) in [5, 5.41) is 19.9. The van der Waals surface area contributed by atoms with Gasteiger partial charge in [-0.15, -0.1) is 6.58 Å². The van der Waals surface area contributed by atoms with Gasteiger partial charge in [-0.05, 0) is 60.8 Å². The molecular formula is C29H36O8. The van der Waals surface area contributed by atoms with E-state index in [1.807, 2.05) is 26.0 Å². The van der Waals surface area contributed by atoms with Gasteiger partial charge >= 0.3 is 11.9 Å². The van der Waals surface area contributed by atoms with Crippen LogP contribution in [0.15, 0.2) is 42.5 Å². The van der Waals surface area contributed by atoms with Crippen molar-refractivity contribution in [1.29, 1.82) is 0 Å². The molecule has 6 rings (SSSR count). The average molecular weight is 513 g/mol. The number of allylic oxidation sites excluding steroid dienone is 1. The highest BCUT2D eigenvalue weighted by atomic mass is 16.7. The first kappa shape index (κ1) is 25.8. The first-order chi connectivity index (χ1) is 17.4. The third-order valence-corrected chi connectivity index (χ3v) is 9.15. The summed E-state index contributed by atoms with van der Waals surface area (Å²) in [4.78, 5) is 25.0. The summed E-state index contributed by atoms with van der Waals surface area (Å²) >= 11 is 0. The van der Waals surface area contributed by atoms with Crippen LogP contribution < -0.4 is 4.74 Å². The summed E-state index contributed by atoms with van der Waals surface area (Å²) < 4.78 is 22.6. The van der Waals surface area contributed by atoms with E-state index in [-0.39, 0.29) is 41.7 Å². The number of esters is 2. The molecule has 0 unspecified atom stereocenters. The van der Waals surface area contributed by atoms with Gasteiger partial charge in [-0.1, -0.05) is 32.9 Å². The Morgan fingerprint density at radius 2 is 1.97 bits per heavy atom. The minimum Gasteiger partial charge on any atom is -0.504 e. The molecule has 3 heterocycles. The monoisotopic (exact) mass is 512 g/mol. The van der Waals surface area contributed by atoms with Crippen LogP contribution in [0.2, 0.25) is 0 Å². The minimum absolute atomic E-state index is 0.0930. The van der Waals surface area contributed by atoms with E-state index in [0.717, 1.165) is 17.6 Å². The van der Waals surface area contributed by atoms with Gasteiger partial charge in [-0.3, -0.25) is 4.79 Å². The number of hydrogen-bond donors (Lipinski definition) is 2. The van der Waals surface area contributed by atoms with Crippen LogP contribution in [0.25, 0.3) is 0 Å². The number of carbonyl (C=O) groups excluding carboxylic acids is 2. The normalized spacial score (nSPS) is 40.6. The first-order valence-electron chi connectivity index (χ1n) is 12.9. The highest BCUT2D eigenvalue weighted by Gasteiger charge is 2.83. The molecule has 2 saturated heterocycles. The number of fused-ring (bicyclic) bond motifs is 2. The van der Waals surface area contributed by atoms with Crippen LogP contribution >= 0.6 is 0 Å². The molecule has 1 aromatic carbocycles.